The molecular formula is C49H68N4O2. The van der Waals surface area contributed by atoms with Crippen LogP contribution >= 0.6 is 0 Å². The van der Waals surface area contributed by atoms with E-state index in [4.69, 9.17) is 0 Å². The van der Waals surface area contributed by atoms with Crippen LogP contribution in [0.5, 0.6) is 0 Å². The van der Waals surface area contributed by atoms with Crippen molar-refractivity contribution in [2.75, 3.05) is 50.7 Å². The molecule has 0 aromatic heterocycles. The fraction of sp³-hybridized carbons (Fsp3) is 0.531. The van der Waals surface area contributed by atoms with Crippen molar-refractivity contribution in [1.29, 1.82) is 0 Å². The molecule has 6 heteroatoms. The monoisotopic (exact) mass is 745 g/mol. The zero-order chi connectivity index (χ0) is 39.3. The molecule has 4 aliphatic rings. The van der Waals surface area contributed by atoms with Crippen molar-refractivity contribution in [2.45, 2.75) is 124 Å². The van der Waals surface area contributed by atoms with Crippen molar-refractivity contribution in [3.8, 4) is 0 Å². The van der Waals surface area contributed by atoms with Crippen LogP contribution in [0.4, 0.5) is 5.69 Å². The lowest BCUT2D eigenvalue weighted by atomic mass is 9.79. The summed E-state index contributed by atoms with van der Waals surface area (Å²) in [5.41, 5.74) is 10.9. The van der Waals surface area contributed by atoms with Crippen molar-refractivity contribution in [1.82, 2.24) is 14.4 Å². The summed E-state index contributed by atoms with van der Waals surface area (Å²) in [5.74, 6) is -0.719. The molecule has 0 saturated carbocycles. The molecule has 3 heterocycles. The number of carboxylic acid groups (broad SMARTS) is 1. The molecule has 0 radical (unpaired) electrons. The molecule has 296 valence electrons. The summed E-state index contributed by atoms with van der Waals surface area (Å²) < 4.78 is 2.58. The summed E-state index contributed by atoms with van der Waals surface area (Å²) in [6.45, 7) is 26.9. The lowest BCUT2D eigenvalue weighted by Crippen LogP contribution is -2.47. The number of benzene rings is 2. The molecule has 2 aromatic rings. The smallest absolute Gasteiger partial charge is 0.304 e. The van der Waals surface area contributed by atoms with Gasteiger partial charge in [-0.1, -0.05) is 109 Å². The van der Waals surface area contributed by atoms with Crippen LogP contribution in [0.1, 0.15) is 122 Å². The topological polar surface area (TPSA) is 50.0 Å². The third kappa shape index (κ3) is 8.70. The van der Waals surface area contributed by atoms with Crippen LogP contribution < -0.4 is 20.1 Å². The summed E-state index contributed by atoms with van der Waals surface area (Å²) in [6.07, 6.45) is 20.5. The molecule has 0 spiro atoms. The zero-order valence-electron chi connectivity index (χ0n) is 35.1. The number of hydrogen-bond acceptors (Lipinski definition) is 4. The minimum Gasteiger partial charge on any atom is -0.481 e. The predicted octanol–water partition coefficient (Wildman–Crippen LogP) is 8.79. The van der Waals surface area contributed by atoms with Crippen LogP contribution in [0.15, 0.2) is 83.2 Å². The molecule has 0 atom stereocenters. The molecule has 1 aliphatic carbocycles. The fourth-order valence-electron chi connectivity index (χ4n) is 9.48. The van der Waals surface area contributed by atoms with Crippen molar-refractivity contribution in [3.05, 3.63) is 117 Å². The van der Waals surface area contributed by atoms with Crippen LogP contribution in [0.3, 0.4) is 0 Å². The third-order valence-electron chi connectivity index (χ3n) is 12.7. The van der Waals surface area contributed by atoms with Gasteiger partial charge in [0.1, 0.15) is 11.9 Å². The van der Waals surface area contributed by atoms with Crippen molar-refractivity contribution in [2.24, 2.45) is 0 Å². The van der Waals surface area contributed by atoms with E-state index in [2.05, 4.69) is 135 Å². The highest BCUT2D eigenvalue weighted by atomic mass is 16.4. The Morgan fingerprint density at radius 2 is 1.65 bits per heavy atom. The minimum absolute atomic E-state index is 0.0868. The highest BCUT2D eigenvalue weighted by Gasteiger charge is 2.41. The molecule has 1 fully saturated rings. The molecule has 0 bridgehead atoms. The van der Waals surface area contributed by atoms with Gasteiger partial charge in [0.25, 0.3) is 0 Å². The number of anilines is 1. The number of nitrogens with zero attached hydrogens (tertiary/aromatic N) is 4. The van der Waals surface area contributed by atoms with Gasteiger partial charge >= 0.3 is 5.97 Å². The molecule has 1 N–H and O–H groups in total. The number of piperazine rings is 1. The first kappa shape index (κ1) is 40.6. The molecule has 6 nitrogen and oxygen atoms in total. The van der Waals surface area contributed by atoms with E-state index in [0.717, 1.165) is 63.7 Å². The Bertz CT molecular complexity index is 1960. The van der Waals surface area contributed by atoms with E-state index in [1.54, 1.807) is 0 Å². The van der Waals surface area contributed by atoms with E-state index in [1.807, 2.05) is 0 Å². The van der Waals surface area contributed by atoms with E-state index in [1.165, 1.54) is 94.8 Å². The fourth-order valence-corrected chi connectivity index (χ4v) is 9.48. The van der Waals surface area contributed by atoms with Crippen LogP contribution in [-0.2, 0) is 15.6 Å². The number of aryl methyl sites for hydroxylation is 1. The lowest BCUT2D eigenvalue weighted by molar-refractivity contribution is -0.137. The van der Waals surface area contributed by atoms with Gasteiger partial charge in [-0.3, -0.25) is 9.69 Å². The Morgan fingerprint density at radius 3 is 2.38 bits per heavy atom. The van der Waals surface area contributed by atoms with Crippen LogP contribution in [0.25, 0.3) is 6.58 Å². The van der Waals surface area contributed by atoms with E-state index in [-0.39, 0.29) is 17.3 Å². The molecule has 1 saturated heterocycles. The van der Waals surface area contributed by atoms with Crippen LogP contribution in [-0.4, -0.2) is 66.7 Å². The highest BCUT2D eigenvalue weighted by Crippen LogP contribution is 2.48. The van der Waals surface area contributed by atoms with Crippen LogP contribution in [0, 0.1) is 13.0 Å². The van der Waals surface area contributed by atoms with Crippen molar-refractivity contribution < 1.29 is 9.90 Å². The highest BCUT2D eigenvalue weighted by molar-refractivity contribution is 5.71. The molecule has 2 aromatic carbocycles. The Kier molecular flexibility index (Phi) is 12.9. The van der Waals surface area contributed by atoms with Gasteiger partial charge in [-0.25, -0.2) is 0 Å². The SMILES string of the molecule is C=c1ccc2c(c1)C(C)(C)[C-](C=CC1=C(N3CCN(CCC(=O)O)CC3)C(=CC=C3N(CCCCC)c4ccc(C)cc4C3(C)C)CCC1)[N+]=2CCCCC. The number of hydrogen-bond donors (Lipinski definition) is 1. The summed E-state index contributed by atoms with van der Waals surface area (Å²) in [6, 6.07) is 15.1. The first-order chi connectivity index (χ1) is 26.4. The second-order valence-electron chi connectivity index (χ2n) is 17.5. The van der Waals surface area contributed by atoms with Gasteiger partial charge in [-0.05, 0) is 79.2 Å². The van der Waals surface area contributed by atoms with E-state index < -0.39 is 5.97 Å². The number of carboxylic acids is 1. The average molecular weight is 745 g/mol. The molecule has 3 aliphatic heterocycles. The van der Waals surface area contributed by atoms with Gasteiger partial charge in [0, 0.05) is 73.6 Å². The molecular weight excluding hydrogens is 677 g/mol. The Hall–Kier alpha value is -4.03. The van der Waals surface area contributed by atoms with Gasteiger partial charge in [-0.15, -0.1) is 12.2 Å². The molecule has 0 unspecified atom stereocenters. The maximum Gasteiger partial charge on any atom is 0.304 e. The second kappa shape index (κ2) is 17.4. The summed E-state index contributed by atoms with van der Waals surface area (Å²) in [4.78, 5) is 18.9. The first-order valence-corrected chi connectivity index (χ1v) is 21.4. The number of allylic oxidation sites excluding steroid dienone is 6. The molecule has 6 rings (SSSR count). The average Bonchev–Trinajstić information content (AvgIpc) is 3.49. The number of fused-ring (bicyclic) bond motifs is 2. The van der Waals surface area contributed by atoms with Crippen molar-refractivity contribution in [3.63, 3.8) is 0 Å². The second-order valence-corrected chi connectivity index (χ2v) is 17.5. The summed E-state index contributed by atoms with van der Waals surface area (Å²) >= 11 is 0. The van der Waals surface area contributed by atoms with Crippen LogP contribution in [0.2, 0.25) is 0 Å². The standard InChI is InChI=1S/C49H68N4O2/c1-9-11-13-27-52-42-22-18-36(3)34-40(42)48(5,6)44(52)24-20-38-16-15-17-39(47(38)51-32-30-50(31-33-51)29-26-46(54)55)21-25-45-49(7,8)41-35-37(4)19-23-43(41)53(45)28-14-12-10-2/h18-25,34-35H,3,9-17,26-33H2,1-2,4-8H3,(H,54,55). The largest absolute Gasteiger partial charge is 0.481 e. The quantitative estimate of drug-likeness (QED) is 0.112. The maximum absolute atomic E-state index is 11.4. The lowest BCUT2D eigenvalue weighted by Gasteiger charge is -2.41. The summed E-state index contributed by atoms with van der Waals surface area (Å²) in [7, 11) is 0. The predicted molar refractivity (Wildman–Crippen MR) is 231 cm³/mol. The Morgan fingerprint density at radius 1 is 0.909 bits per heavy atom. The third-order valence-corrected chi connectivity index (χ3v) is 12.7. The Labute approximate surface area is 332 Å². The van der Waals surface area contributed by atoms with Crippen molar-refractivity contribution >= 4 is 18.2 Å². The number of unbranched alkanes of at least 4 members (excludes halogenated alkanes) is 4. The zero-order valence-corrected chi connectivity index (χ0v) is 35.1. The minimum atomic E-state index is -0.719. The van der Waals surface area contributed by atoms with Gasteiger partial charge in [0.2, 0.25) is 0 Å². The first-order valence-electron chi connectivity index (χ1n) is 21.4. The number of aliphatic carboxylic acids is 1. The number of carbonyl (C=O) groups is 1. The maximum atomic E-state index is 11.4. The van der Waals surface area contributed by atoms with Gasteiger partial charge in [0.15, 0.2) is 0 Å². The van der Waals surface area contributed by atoms with E-state index in [9.17, 15) is 9.90 Å². The normalized spacial score (nSPS) is 21.1. The van der Waals surface area contributed by atoms with E-state index in [0.29, 0.717) is 6.54 Å². The van der Waals surface area contributed by atoms with Gasteiger partial charge in [-0.2, -0.15) is 0 Å². The number of rotatable bonds is 15. The molecule has 55 heavy (non-hydrogen) atoms. The van der Waals surface area contributed by atoms with Gasteiger partial charge < -0.3 is 19.5 Å². The molecule has 0 amide bonds. The Balaban J connectivity index is 1.41. The van der Waals surface area contributed by atoms with E-state index >= 15 is 0 Å². The van der Waals surface area contributed by atoms with Gasteiger partial charge in [0.05, 0.1) is 12.5 Å². The summed E-state index contributed by atoms with van der Waals surface area (Å²) in [5, 5.41) is 11.8.